The van der Waals surface area contributed by atoms with Gasteiger partial charge in [0.2, 0.25) is 0 Å². The van der Waals surface area contributed by atoms with Crippen LogP contribution < -0.4 is 10.6 Å². The van der Waals surface area contributed by atoms with E-state index in [1.165, 1.54) is 0 Å². The summed E-state index contributed by atoms with van der Waals surface area (Å²) in [6, 6.07) is -2.11. The number of urea groups is 1. The summed E-state index contributed by atoms with van der Waals surface area (Å²) in [6.07, 6.45) is 3.13. The molecule has 1 aromatic rings. The number of hydrogen-bond acceptors (Lipinski definition) is 4. The Morgan fingerprint density at radius 2 is 2.22 bits per heavy atom. The molecule has 2 atom stereocenters. The lowest BCUT2D eigenvalue weighted by atomic mass is 10.2. The molecular weight excluding hydrogens is 240 g/mol. The Hall–Kier alpha value is -2.09. The van der Waals surface area contributed by atoms with Crippen molar-refractivity contribution >= 4 is 12.0 Å². The number of carboxylic acids is 1. The van der Waals surface area contributed by atoms with Gasteiger partial charge in [-0.15, -0.1) is 0 Å². The average molecular weight is 256 g/mol. The molecule has 1 unspecified atom stereocenters. The number of aliphatic hydroxyl groups is 1. The summed E-state index contributed by atoms with van der Waals surface area (Å²) in [5, 5.41) is 22.3. The molecule has 100 valence electrons. The lowest BCUT2D eigenvalue weighted by molar-refractivity contribution is -0.139. The lowest BCUT2D eigenvalue weighted by Crippen LogP contribution is -2.47. The summed E-state index contributed by atoms with van der Waals surface area (Å²) >= 11 is 0. The number of nitrogens with one attached hydrogen (secondary N) is 3. The van der Waals surface area contributed by atoms with Gasteiger partial charge < -0.3 is 25.8 Å². The molecule has 0 radical (unpaired) electrons. The first-order valence-electron chi connectivity index (χ1n) is 5.44. The number of aromatic nitrogens is 2. The lowest BCUT2D eigenvalue weighted by Gasteiger charge is -2.16. The van der Waals surface area contributed by atoms with Crippen LogP contribution in [0.2, 0.25) is 0 Å². The zero-order chi connectivity index (χ0) is 13.5. The fraction of sp³-hybridized carbons (Fsp3) is 0.500. The van der Waals surface area contributed by atoms with E-state index in [2.05, 4.69) is 20.6 Å². The van der Waals surface area contributed by atoms with E-state index in [0.29, 0.717) is 5.82 Å². The van der Waals surface area contributed by atoms with Crippen molar-refractivity contribution in [2.45, 2.75) is 25.4 Å². The molecule has 0 aromatic carbocycles. The molecule has 0 saturated carbocycles. The highest BCUT2D eigenvalue weighted by Crippen LogP contribution is 2.04. The number of hydrogen-bond donors (Lipinski definition) is 5. The van der Waals surface area contributed by atoms with Crippen molar-refractivity contribution in [3.05, 3.63) is 18.2 Å². The monoisotopic (exact) mass is 256 g/mol. The standard InChI is InChI=1S/C10H16N4O4/c1-6(8-11-3-4-12-8)13-10(18)14-7(2-5-15)9(16)17/h3-4,6-7,15H,2,5H2,1H3,(H,11,12)(H,16,17)(H2,13,14,18)/t6?,7-/m0/s1. The number of carboxylic acid groups (broad SMARTS) is 1. The zero-order valence-electron chi connectivity index (χ0n) is 9.88. The highest BCUT2D eigenvalue weighted by atomic mass is 16.4. The zero-order valence-corrected chi connectivity index (χ0v) is 9.88. The van der Waals surface area contributed by atoms with E-state index < -0.39 is 18.0 Å². The van der Waals surface area contributed by atoms with Crippen molar-refractivity contribution in [2.24, 2.45) is 0 Å². The molecule has 18 heavy (non-hydrogen) atoms. The summed E-state index contributed by atoms with van der Waals surface area (Å²) in [5.41, 5.74) is 0. The third kappa shape index (κ3) is 4.06. The first-order valence-corrected chi connectivity index (χ1v) is 5.44. The van der Waals surface area contributed by atoms with Crippen LogP contribution in [0.15, 0.2) is 12.4 Å². The Bertz CT molecular complexity index is 393. The van der Waals surface area contributed by atoms with Gasteiger partial charge in [-0.05, 0) is 6.92 Å². The van der Waals surface area contributed by atoms with Crippen LogP contribution in [0.4, 0.5) is 4.79 Å². The number of carbonyl (C=O) groups is 2. The van der Waals surface area contributed by atoms with Crippen LogP contribution in [-0.2, 0) is 4.79 Å². The molecule has 1 rings (SSSR count). The van der Waals surface area contributed by atoms with E-state index in [4.69, 9.17) is 10.2 Å². The molecule has 8 nitrogen and oxygen atoms in total. The normalized spacial score (nSPS) is 13.7. The number of nitrogens with zero attached hydrogens (tertiary/aromatic N) is 1. The van der Waals surface area contributed by atoms with Gasteiger partial charge in [0.1, 0.15) is 11.9 Å². The minimum Gasteiger partial charge on any atom is -0.480 e. The van der Waals surface area contributed by atoms with Crippen molar-refractivity contribution in [2.75, 3.05) is 6.61 Å². The van der Waals surface area contributed by atoms with E-state index >= 15 is 0 Å². The molecule has 1 aromatic heterocycles. The van der Waals surface area contributed by atoms with Gasteiger partial charge >= 0.3 is 12.0 Å². The van der Waals surface area contributed by atoms with Gasteiger partial charge in [-0.25, -0.2) is 14.6 Å². The van der Waals surface area contributed by atoms with Crippen LogP contribution >= 0.6 is 0 Å². The fourth-order valence-electron chi connectivity index (χ4n) is 1.37. The molecule has 5 N–H and O–H groups in total. The second-order valence-corrected chi connectivity index (χ2v) is 3.72. The molecule has 0 bridgehead atoms. The van der Waals surface area contributed by atoms with E-state index in [0.717, 1.165) is 0 Å². The summed E-state index contributed by atoms with van der Waals surface area (Å²) in [7, 11) is 0. The summed E-state index contributed by atoms with van der Waals surface area (Å²) in [5.74, 6) is -0.621. The molecule has 0 aliphatic carbocycles. The first kappa shape index (κ1) is 14.0. The SMILES string of the molecule is CC(NC(=O)N[C@@H](CCO)C(=O)O)c1ncc[nH]1. The van der Waals surface area contributed by atoms with E-state index in [9.17, 15) is 9.59 Å². The molecule has 0 fully saturated rings. The molecular formula is C10H16N4O4. The highest BCUT2D eigenvalue weighted by Gasteiger charge is 2.20. The third-order valence-corrected chi connectivity index (χ3v) is 2.30. The minimum absolute atomic E-state index is 0.0438. The fourth-order valence-corrected chi connectivity index (χ4v) is 1.37. The van der Waals surface area contributed by atoms with Gasteiger partial charge in [0.05, 0.1) is 6.04 Å². The van der Waals surface area contributed by atoms with Crippen LogP contribution in [0.5, 0.6) is 0 Å². The van der Waals surface area contributed by atoms with E-state index in [1.54, 1.807) is 19.3 Å². The van der Waals surface area contributed by atoms with Gasteiger partial charge in [0, 0.05) is 25.4 Å². The van der Waals surface area contributed by atoms with Crippen molar-refractivity contribution in [3.63, 3.8) is 0 Å². The van der Waals surface area contributed by atoms with Crippen molar-refractivity contribution < 1.29 is 19.8 Å². The van der Waals surface area contributed by atoms with Gasteiger partial charge in [-0.1, -0.05) is 0 Å². The van der Waals surface area contributed by atoms with Crippen LogP contribution in [0.3, 0.4) is 0 Å². The first-order chi connectivity index (χ1) is 8.54. The predicted octanol–water partition coefficient (Wildman–Crippen LogP) is -0.394. The number of aliphatic carboxylic acids is 1. The van der Waals surface area contributed by atoms with Gasteiger partial charge in [-0.3, -0.25) is 0 Å². The van der Waals surface area contributed by atoms with Crippen LogP contribution in [0, 0.1) is 0 Å². The van der Waals surface area contributed by atoms with Crippen molar-refractivity contribution in [3.8, 4) is 0 Å². The summed E-state index contributed by atoms with van der Waals surface area (Å²) in [4.78, 5) is 29.1. The van der Waals surface area contributed by atoms with E-state index in [1.807, 2.05) is 0 Å². The molecule has 2 amide bonds. The van der Waals surface area contributed by atoms with Gasteiger partial charge in [0.15, 0.2) is 0 Å². The second kappa shape index (κ2) is 6.60. The molecule has 8 heteroatoms. The smallest absolute Gasteiger partial charge is 0.326 e. The summed E-state index contributed by atoms with van der Waals surface area (Å²) in [6.45, 7) is 1.39. The maximum atomic E-state index is 11.5. The van der Waals surface area contributed by atoms with Gasteiger partial charge in [0.25, 0.3) is 0 Å². The number of amides is 2. The third-order valence-electron chi connectivity index (χ3n) is 2.30. The van der Waals surface area contributed by atoms with Crippen molar-refractivity contribution in [1.82, 2.24) is 20.6 Å². The largest absolute Gasteiger partial charge is 0.480 e. The molecule has 0 aliphatic rings. The summed E-state index contributed by atoms with van der Waals surface area (Å²) < 4.78 is 0. The number of aromatic amines is 1. The number of imidazole rings is 1. The molecule has 1 heterocycles. The Balaban J connectivity index is 2.47. The van der Waals surface area contributed by atoms with Crippen LogP contribution in [0.25, 0.3) is 0 Å². The Morgan fingerprint density at radius 1 is 1.50 bits per heavy atom. The number of H-pyrrole nitrogens is 1. The number of carbonyl (C=O) groups excluding carboxylic acids is 1. The maximum Gasteiger partial charge on any atom is 0.326 e. The van der Waals surface area contributed by atoms with Crippen LogP contribution in [0.1, 0.15) is 25.2 Å². The quantitative estimate of drug-likeness (QED) is 0.473. The number of rotatable bonds is 6. The average Bonchev–Trinajstić information content (AvgIpc) is 2.81. The maximum absolute atomic E-state index is 11.5. The second-order valence-electron chi connectivity index (χ2n) is 3.72. The molecule has 0 saturated heterocycles. The highest BCUT2D eigenvalue weighted by molar-refractivity contribution is 5.82. The predicted molar refractivity (Wildman–Crippen MR) is 61.8 cm³/mol. The van der Waals surface area contributed by atoms with Gasteiger partial charge in [-0.2, -0.15) is 0 Å². The Morgan fingerprint density at radius 3 is 2.72 bits per heavy atom. The topological polar surface area (TPSA) is 127 Å². The van der Waals surface area contributed by atoms with Crippen molar-refractivity contribution in [1.29, 1.82) is 0 Å². The minimum atomic E-state index is -1.19. The Labute approximate surface area is 103 Å². The number of aliphatic hydroxyl groups excluding tert-OH is 1. The Kier molecular flexibility index (Phi) is 5.12. The molecule has 0 spiro atoms. The molecule has 0 aliphatic heterocycles. The van der Waals surface area contributed by atoms with Crippen LogP contribution in [-0.4, -0.2) is 44.8 Å². The van der Waals surface area contributed by atoms with E-state index in [-0.39, 0.29) is 19.1 Å².